The van der Waals surface area contributed by atoms with Gasteiger partial charge in [0.15, 0.2) is 0 Å². The lowest BCUT2D eigenvalue weighted by atomic mass is 9.97. The number of aryl methyl sites for hydroxylation is 1. The Labute approximate surface area is 109 Å². The van der Waals surface area contributed by atoms with Gasteiger partial charge in [0, 0.05) is 12.1 Å². The monoisotopic (exact) mass is 257 g/mol. The number of nitrogens with zero attached hydrogens (tertiary/aromatic N) is 1. The maximum atomic E-state index is 11.2. The van der Waals surface area contributed by atoms with E-state index in [0.717, 1.165) is 5.56 Å². The molecule has 2 aromatic rings. The molecule has 0 aliphatic rings. The van der Waals surface area contributed by atoms with Gasteiger partial charge in [-0.25, -0.2) is 4.79 Å². The first kappa shape index (κ1) is 12.8. The summed E-state index contributed by atoms with van der Waals surface area (Å²) >= 11 is 0. The zero-order valence-electron chi connectivity index (χ0n) is 10.2. The summed E-state index contributed by atoms with van der Waals surface area (Å²) in [7, 11) is 0. The van der Waals surface area contributed by atoms with Crippen LogP contribution < -0.4 is 0 Å². The molecule has 0 bridgehead atoms. The number of carbonyl (C=O) groups is 1. The Morgan fingerprint density at radius 3 is 2.58 bits per heavy atom. The molecule has 0 saturated carbocycles. The molecule has 0 amide bonds. The third-order valence-electron chi connectivity index (χ3n) is 2.77. The molecule has 0 radical (unpaired) electrons. The van der Waals surface area contributed by atoms with Gasteiger partial charge in [-0.05, 0) is 24.1 Å². The van der Waals surface area contributed by atoms with Crippen LogP contribution in [0.15, 0.2) is 42.5 Å². The van der Waals surface area contributed by atoms with Gasteiger partial charge in [-0.15, -0.1) is 0 Å². The summed E-state index contributed by atoms with van der Waals surface area (Å²) in [4.78, 5) is 21.5. The molecule has 0 heterocycles. The highest BCUT2D eigenvalue weighted by Gasteiger charge is 2.14. The lowest BCUT2D eigenvalue weighted by Gasteiger charge is -2.07. The Hall–Kier alpha value is -2.69. The van der Waals surface area contributed by atoms with Gasteiger partial charge >= 0.3 is 5.97 Å². The molecule has 1 N–H and O–H groups in total. The highest BCUT2D eigenvalue weighted by atomic mass is 16.6. The van der Waals surface area contributed by atoms with Gasteiger partial charge < -0.3 is 5.11 Å². The topological polar surface area (TPSA) is 80.4 Å². The van der Waals surface area contributed by atoms with Crippen LogP contribution in [-0.4, -0.2) is 16.0 Å². The lowest BCUT2D eigenvalue weighted by Crippen LogP contribution is -2.00. The molecule has 0 aliphatic heterocycles. The van der Waals surface area contributed by atoms with Crippen molar-refractivity contribution in [2.24, 2.45) is 0 Å². The van der Waals surface area contributed by atoms with Crippen molar-refractivity contribution in [3.63, 3.8) is 0 Å². The highest BCUT2D eigenvalue weighted by molar-refractivity contribution is 5.96. The average molecular weight is 257 g/mol. The molecule has 0 spiro atoms. The molecule has 5 nitrogen and oxygen atoms in total. The zero-order chi connectivity index (χ0) is 14.0. The van der Waals surface area contributed by atoms with Crippen molar-refractivity contribution in [3.8, 4) is 11.1 Å². The van der Waals surface area contributed by atoms with E-state index in [4.69, 9.17) is 0 Å². The van der Waals surface area contributed by atoms with E-state index in [1.807, 2.05) is 0 Å². The van der Waals surface area contributed by atoms with Gasteiger partial charge in [-0.1, -0.05) is 29.8 Å². The Morgan fingerprint density at radius 2 is 1.95 bits per heavy atom. The Bertz CT molecular complexity index is 664. The normalized spacial score (nSPS) is 10.2. The second-order valence-corrected chi connectivity index (χ2v) is 4.16. The van der Waals surface area contributed by atoms with Gasteiger partial charge in [0.25, 0.3) is 5.69 Å². The molecule has 5 heteroatoms. The number of carboxylic acid groups (broad SMARTS) is 1. The molecule has 0 atom stereocenters. The lowest BCUT2D eigenvalue weighted by molar-refractivity contribution is -0.384. The van der Waals surface area contributed by atoms with Crippen LogP contribution in [0.25, 0.3) is 11.1 Å². The predicted octanol–water partition coefficient (Wildman–Crippen LogP) is 3.27. The standard InChI is InChI=1S/C14H11NO4/c1-9-5-6-12(13(7-9)14(16)17)10-3-2-4-11(8-10)15(18)19/h2-8H,1H3,(H,16,17). The van der Waals surface area contributed by atoms with Gasteiger partial charge in [0.05, 0.1) is 10.5 Å². The van der Waals surface area contributed by atoms with Crippen LogP contribution in [0.2, 0.25) is 0 Å². The first-order chi connectivity index (χ1) is 8.99. The van der Waals surface area contributed by atoms with E-state index in [1.165, 1.54) is 12.1 Å². The molecular formula is C14H11NO4. The third kappa shape index (κ3) is 2.60. The van der Waals surface area contributed by atoms with Crippen LogP contribution in [0.5, 0.6) is 0 Å². The molecule has 0 saturated heterocycles. The Morgan fingerprint density at radius 1 is 1.21 bits per heavy atom. The van der Waals surface area contributed by atoms with Crippen LogP contribution in [0.1, 0.15) is 15.9 Å². The third-order valence-corrected chi connectivity index (χ3v) is 2.77. The Kier molecular flexibility index (Phi) is 3.29. The van der Waals surface area contributed by atoms with Crippen LogP contribution in [0.4, 0.5) is 5.69 Å². The largest absolute Gasteiger partial charge is 0.478 e. The molecule has 19 heavy (non-hydrogen) atoms. The fourth-order valence-corrected chi connectivity index (χ4v) is 1.87. The highest BCUT2D eigenvalue weighted by Crippen LogP contribution is 2.27. The number of nitro groups is 1. The number of nitro benzene ring substituents is 1. The van der Waals surface area contributed by atoms with E-state index >= 15 is 0 Å². The number of carboxylic acids is 1. The summed E-state index contributed by atoms with van der Waals surface area (Å²) in [6.07, 6.45) is 0. The summed E-state index contributed by atoms with van der Waals surface area (Å²) in [5.74, 6) is -1.05. The van der Waals surface area contributed by atoms with Crippen molar-refractivity contribution in [2.45, 2.75) is 6.92 Å². The molecule has 0 unspecified atom stereocenters. The molecule has 2 aromatic carbocycles. The molecular weight excluding hydrogens is 246 g/mol. The minimum absolute atomic E-state index is 0.0607. The van der Waals surface area contributed by atoms with Crippen molar-refractivity contribution in [1.29, 1.82) is 0 Å². The van der Waals surface area contributed by atoms with Crippen LogP contribution in [-0.2, 0) is 0 Å². The first-order valence-electron chi connectivity index (χ1n) is 5.58. The fraction of sp³-hybridized carbons (Fsp3) is 0.0714. The molecule has 2 rings (SSSR count). The van der Waals surface area contributed by atoms with Crippen LogP contribution in [0, 0.1) is 17.0 Å². The van der Waals surface area contributed by atoms with Crippen LogP contribution in [0.3, 0.4) is 0 Å². The number of aromatic carboxylic acids is 1. The Balaban J connectivity index is 2.61. The van der Waals surface area contributed by atoms with Crippen LogP contribution >= 0.6 is 0 Å². The maximum Gasteiger partial charge on any atom is 0.336 e. The first-order valence-corrected chi connectivity index (χ1v) is 5.58. The molecule has 0 aromatic heterocycles. The number of hydrogen-bond donors (Lipinski definition) is 1. The summed E-state index contributed by atoms with van der Waals surface area (Å²) in [5, 5.41) is 19.9. The van der Waals surface area contributed by atoms with Gasteiger partial charge in [0.2, 0.25) is 0 Å². The number of hydrogen-bond acceptors (Lipinski definition) is 3. The molecule has 96 valence electrons. The second-order valence-electron chi connectivity index (χ2n) is 4.16. The minimum atomic E-state index is -1.05. The summed E-state index contributed by atoms with van der Waals surface area (Å²) in [6.45, 7) is 1.80. The number of non-ortho nitro benzene ring substituents is 1. The second kappa shape index (κ2) is 4.89. The smallest absolute Gasteiger partial charge is 0.336 e. The molecule has 0 fully saturated rings. The summed E-state index contributed by atoms with van der Waals surface area (Å²) in [6, 6.07) is 10.9. The van der Waals surface area contributed by atoms with Gasteiger partial charge in [0.1, 0.15) is 0 Å². The van der Waals surface area contributed by atoms with Crippen molar-refractivity contribution in [3.05, 3.63) is 63.7 Å². The van der Waals surface area contributed by atoms with Crippen molar-refractivity contribution in [1.82, 2.24) is 0 Å². The van der Waals surface area contributed by atoms with E-state index in [9.17, 15) is 20.0 Å². The summed E-state index contributed by atoms with van der Waals surface area (Å²) in [5.41, 5.74) is 1.90. The number of rotatable bonds is 3. The maximum absolute atomic E-state index is 11.2. The quantitative estimate of drug-likeness (QED) is 0.675. The van der Waals surface area contributed by atoms with Gasteiger partial charge in [-0.2, -0.15) is 0 Å². The zero-order valence-corrected chi connectivity index (χ0v) is 10.2. The predicted molar refractivity (Wildman–Crippen MR) is 70.2 cm³/mol. The van der Waals surface area contributed by atoms with Crippen molar-refractivity contribution >= 4 is 11.7 Å². The van der Waals surface area contributed by atoms with Gasteiger partial charge in [-0.3, -0.25) is 10.1 Å². The number of benzene rings is 2. The summed E-state index contributed by atoms with van der Waals surface area (Å²) < 4.78 is 0. The van der Waals surface area contributed by atoms with E-state index in [-0.39, 0.29) is 11.3 Å². The SMILES string of the molecule is Cc1ccc(-c2cccc([N+](=O)[O-])c2)c(C(=O)O)c1. The minimum Gasteiger partial charge on any atom is -0.478 e. The van der Waals surface area contributed by atoms with E-state index < -0.39 is 10.9 Å². The average Bonchev–Trinajstić information content (AvgIpc) is 2.38. The van der Waals surface area contributed by atoms with E-state index in [0.29, 0.717) is 11.1 Å². The van der Waals surface area contributed by atoms with E-state index in [1.54, 1.807) is 37.3 Å². The van der Waals surface area contributed by atoms with E-state index in [2.05, 4.69) is 0 Å². The van der Waals surface area contributed by atoms with Crippen molar-refractivity contribution < 1.29 is 14.8 Å². The van der Waals surface area contributed by atoms with Crippen molar-refractivity contribution in [2.75, 3.05) is 0 Å². The fourth-order valence-electron chi connectivity index (χ4n) is 1.87. The molecule has 0 aliphatic carbocycles.